The Bertz CT molecular complexity index is 2600. The molecule has 0 spiro atoms. The summed E-state index contributed by atoms with van der Waals surface area (Å²) in [5, 5.41) is 26.2. The molecule has 0 amide bonds. The van der Waals surface area contributed by atoms with Gasteiger partial charge in [0, 0.05) is 0 Å². The highest BCUT2D eigenvalue weighted by atomic mass is 16.6. The van der Waals surface area contributed by atoms with Gasteiger partial charge in [-0.05, 0) is 225 Å². The molecular formula is C120H236O7. The molecule has 3 fully saturated rings. The average Bonchev–Trinajstić information content (AvgIpc) is 1.64. The van der Waals surface area contributed by atoms with E-state index in [9.17, 15) is 10.2 Å². The van der Waals surface area contributed by atoms with Gasteiger partial charge in [-0.1, -0.05) is 474 Å². The quantitative estimate of drug-likeness (QED) is 0.0587. The lowest BCUT2D eigenvalue weighted by Gasteiger charge is -2.48. The zero-order chi connectivity index (χ0) is 94.8. The van der Waals surface area contributed by atoms with Crippen molar-refractivity contribution in [3.05, 3.63) is 0 Å². The average molecular weight is 1790 g/mol. The van der Waals surface area contributed by atoms with Crippen molar-refractivity contribution in [3.63, 3.8) is 0 Å². The van der Waals surface area contributed by atoms with Crippen molar-refractivity contribution in [1.29, 1.82) is 0 Å². The fourth-order valence-electron chi connectivity index (χ4n) is 23.6. The van der Waals surface area contributed by atoms with Crippen LogP contribution in [0.15, 0.2) is 0 Å². The summed E-state index contributed by atoms with van der Waals surface area (Å²) in [5.74, 6) is 13.5. The van der Waals surface area contributed by atoms with Crippen molar-refractivity contribution in [1.82, 2.24) is 0 Å². The summed E-state index contributed by atoms with van der Waals surface area (Å²) in [6, 6.07) is 0. The number of epoxide rings is 1. The Balaban J connectivity index is 2.15. The van der Waals surface area contributed by atoms with Crippen molar-refractivity contribution < 1.29 is 33.9 Å². The number of rotatable bonds is 84. The minimum absolute atomic E-state index is 0.112. The highest BCUT2D eigenvalue weighted by molar-refractivity contribution is 5.05. The molecule has 0 aromatic heterocycles. The van der Waals surface area contributed by atoms with Crippen molar-refractivity contribution in [2.24, 2.45) is 107 Å². The Labute approximate surface area is 798 Å². The minimum atomic E-state index is -0.914. The van der Waals surface area contributed by atoms with E-state index >= 15 is 0 Å². The fraction of sp³-hybridized carbons (Fsp3) is 1.00. The van der Waals surface area contributed by atoms with Gasteiger partial charge >= 0.3 is 0 Å². The first-order valence-electron chi connectivity index (χ1n) is 57.6. The van der Waals surface area contributed by atoms with E-state index in [4.69, 9.17) is 23.7 Å². The van der Waals surface area contributed by atoms with Gasteiger partial charge in [-0.3, -0.25) is 0 Å². The van der Waals surface area contributed by atoms with E-state index in [-0.39, 0.29) is 36.1 Å². The minimum Gasteiger partial charge on any atom is -0.390 e. The normalized spacial score (nSPS) is 23.9. The Morgan fingerprint density at radius 3 is 0.724 bits per heavy atom. The Hall–Kier alpha value is -0.280. The van der Waals surface area contributed by atoms with E-state index in [1.165, 1.54) is 263 Å². The molecule has 3 aliphatic heterocycles. The van der Waals surface area contributed by atoms with Crippen LogP contribution in [0.3, 0.4) is 0 Å². The van der Waals surface area contributed by atoms with Crippen LogP contribution in [0, 0.1) is 107 Å². The van der Waals surface area contributed by atoms with Crippen LogP contribution < -0.4 is 0 Å². The van der Waals surface area contributed by atoms with Gasteiger partial charge in [-0.2, -0.15) is 0 Å². The smallest absolute Gasteiger partial charge is 0.0923 e. The third kappa shape index (κ3) is 54.6. The van der Waals surface area contributed by atoms with E-state index in [0.29, 0.717) is 36.0 Å². The van der Waals surface area contributed by atoms with E-state index in [1.807, 2.05) is 0 Å². The lowest BCUT2D eigenvalue weighted by Crippen LogP contribution is -2.56. The molecule has 3 aliphatic rings. The molecule has 7 heteroatoms. The maximum absolute atomic E-state index is 13.4. The van der Waals surface area contributed by atoms with Gasteiger partial charge in [0.05, 0.1) is 70.2 Å². The number of aliphatic hydroxyl groups excluding tert-OH is 1. The van der Waals surface area contributed by atoms with Gasteiger partial charge in [-0.25, -0.2) is 0 Å². The SMILES string of the molecule is CC(C)CCC[C@@H](C)CCC[C@@H](C)CCC[C@](C)(O)[C@H]1CC[C@H]([C@](C)(CCC[C@H](C)CCC[C@H](C)CCCC(C)C)O[C@@](C)(CCC[C@H](C)CCC[C@H](C)CCCC(C)C)[C@H]2CC[C@H]([C@](C)(CCC[C@H](C)CCC[C@H](C)CCCC(C)C)O[C@@](C)(CCC[C@H](C)CCC[C@H](C)CCCC(C)C)[C@H](O)CC[C@H]3O[C@]3(C)CCC[C@H](C)CCC[C@H](C)CCCC(C)C)O2)O1. The molecule has 0 aliphatic carbocycles. The molecule has 0 aromatic rings. The van der Waals surface area contributed by atoms with Crippen molar-refractivity contribution in [2.75, 3.05) is 0 Å². The van der Waals surface area contributed by atoms with Crippen LogP contribution in [0.25, 0.3) is 0 Å². The summed E-state index contributed by atoms with van der Waals surface area (Å²) in [6.07, 6.45) is 71.2. The highest BCUT2D eigenvalue weighted by Gasteiger charge is 2.56. The summed E-state index contributed by atoms with van der Waals surface area (Å²) in [5.41, 5.74) is -3.66. The molecule has 0 radical (unpaired) electrons. The van der Waals surface area contributed by atoms with Gasteiger partial charge in [0.15, 0.2) is 0 Å². The van der Waals surface area contributed by atoms with Gasteiger partial charge in [0.1, 0.15) is 0 Å². The van der Waals surface area contributed by atoms with Crippen molar-refractivity contribution >= 4 is 0 Å². The number of ether oxygens (including phenoxy) is 5. The molecule has 0 saturated carbocycles. The molecule has 758 valence electrons. The monoisotopic (exact) mass is 1790 g/mol. The molecule has 3 rings (SSSR count). The topological polar surface area (TPSA) is 89.9 Å². The lowest BCUT2D eigenvalue weighted by molar-refractivity contribution is -0.263. The molecule has 3 saturated heterocycles. The molecular weight excluding hydrogens is 1550 g/mol. The number of hydrogen-bond acceptors (Lipinski definition) is 7. The first kappa shape index (κ1) is 121. The molecule has 0 bridgehead atoms. The molecule has 3 heterocycles. The number of aliphatic hydroxyl groups is 2. The Morgan fingerprint density at radius 2 is 0.465 bits per heavy atom. The van der Waals surface area contributed by atoms with E-state index in [1.54, 1.807) is 0 Å². The summed E-state index contributed by atoms with van der Waals surface area (Å²) in [4.78, 5) is 0. The highest BCUT2D eigenvalue weighted by Crippen LogP contribution is 2.50. The van der Waals surface area contributed by atoms with Gasteiger partial charge in [0.25, 0.3) is 0 Å². The summed E-state index contributed by atoms with van der Waals surface area (Å²) in [6.45, 7) is 72.7. The largest absolute Gasteiger partial charge is 0.390 e. The van der Waals surface area contributed by atoms with Gasteiger partial charge in [-0.15, -0.1) is 0 Å². The van der Waals surface area contributed by atoms with Crippen LogP contribution in [0.1, 0.15) is 593 Å². The zero-order valence-corrected chi connectivity index (χ0v) is 92.2. The zero-order valence-electron chi connectivity index (χ0n) is 92.2. The first-order valence-corrected chi connectivity index (χ1v) is 57.6. The maximum atomic E-state index is 13.4. The lowest BCUT2D eigenvalue weighted by atomic mass is 9.82. The van der Waals surface area contributed by atoms with Crippen LogP contribution in [0.5, 0.6) is 0 Å². The third-order valence-corrected chi connectivity index (χ3v) is 33.6. The summed E-state index contributed by atoms with van der Waals surface area (Å²) in [7, 11) is 0. The summed E-state index contributed by atoms with van der Waals surface area (Å²) >= 11 is 0. The van der Waals surface area contributed by atoms with E-state index in [2.05, 4.69) is 208 Å². The summed E-state index contributed by atoms with van der Waals surface area (Å²) < 4.78 is 39.1. The van der Waals surface area contributed by atoms with Crippen LogP contribution in [0.4, 0.5) is 0 Å². The van der Waals surface area contributed by atoms with Gasteiger partial charge in [0.2, 0.25) is 0 Å². The second-order valence-electron chi connectivity index (χ2n) is 51.4. The molecule has 0 unspecified atom stereocenters. The molecule has 0 aromatic carbocycles. The van der Waals surface area contributed by atoms with Crippen LogP contribution >= 0.6 is 0 Å². The van der Waals surface area contributed by atoms with Crippen molar-refractivity contribution in [2.45, 2.75) is 663 Å². The Morgan fingerprint density at radius 1 is 0.260 bits per heavy atom. The molecule has 2 N–H and O–H groups in total. The fourth-order valence-corrected chi connectivity index (χ4v) is 23.6. The van der Waals surface area contributed by atoms with Crippen molar-refractivity contribution in [3.8, 4) is 0 Å². The Kier molecular flexibility index (Phi) is 62.4. The van der Waals surface area contributed by atoms with E-state index in [0.717, 1.165) is 193 Å². The predicted octanol–water partition coefficient (Wildman–Crippen LogP) is 37.8. The van der Waals surface area contributed by atoms with Crippen LogP contribution in [-0.2, 0) is 23.7 Å². The molecule has 7 nitrogen and oxygen atoms in total. The molecule has 127 heavy (non-hydrogen) atoms. The van der Waals surface area contributed by atoms with Crippen LogP contribution in [-0.4, -0.2) is 80.4 Å². The first-order chi connectivity index (χ1) is 59.8. The van der Waals surface area contributed by atoms with Crippen LogP contribution in [0.2, 0.25) is 0 Å². The van der Waals surface area contributed by atoms with E-state index < -0.39 is 34.1 Å². The molecule has 24 atom stereocenters. The second kappa shape index (κ2) is 65.6. The second-order valence-corrected chi connectivity index (χ2v) is 51.4. The predicted molar refractivity (Wildman–Crippen MR) is 559 cm³/mol. The maximum Gasteiger partial charge on any atom is 0.0923 e. The number of hydrogen-bond donors (Lipinski definition) is 2. The standard InChI is InChI=1S/C120H236O7/c1-91(2)49-31-55-97(13)61-37-67-103(19)73-43-85-115(25,122)110-81-82-111(123-110)119(29,89-47-77-107(23)71-41-65-101(17)59-35-53-95(9)10)127-120(30,90-48-78-108(24)72-42-66-102(18)60-36-54-96(11)12)113-84-83-112(124-113)118(28,88-46-76-106(22)70-40-64-100(16)58-34-52-94(7)8)126-116(26,86-44-74-104(20)68-38-62-98(14)56-32-50-92(3)4)109(121)79-80-114-117(27,125-114)87-45-75-105(21)69-39-63-99(15)57-33-51-93(5)6/h91-114,121-122H,31-90H2,1-30H3/t97-,98-,99-,100-,101-,102-,103-,104-,105-,106-,107-,108-,109-,110-,111-,112-,113-,114-,115+,116+,117-,118+,119+,120+/m1/s1. The third-order valence-electron chi connectivity index (χ3n) is 33.6. The van der Waals surface area contributed by atoms with Gasteiger partial charge < -0.3 is 33.9 Å².